The van der Waals surface area contributed by atoms with Crippen molar-refractivity contribution in [3.8, 4) is 0 Å². The Morgan fingerprint density at radius 2 is 1.80 bits per heavy atom. The maximum Gasteiger partial charge on any atom is 0.243 e. The third-order valence-electron chi connectivity index (χ3n) is 5.29. The molecule has 0 bridgehead atoms. The van der Waals surface area contributed by atoms with Crippen LogP contribution in [0.1, 0.15) is 44.1 Å². The van der Waals surface area contributed by atoms with Crippen LogP contribution in [0.2, 0.25) is 0 Å². The van der Waals surface area contributed by atoms with Crippen LogP contribution in [0.25, 0.3) is 0 Å². The van der Waals surface area contributed by atoms with Crippen LogP contribution in [0, 0.1) is 18.7 Å². The van der Waals surface area contributed by atoms with Crippen molar-refractivity contribution in [2.45, 2.75) is 56.4 Å². The molecule has 0 aromatic heterocycles. The molecule has 1 heterocycles. The average Bonchev–Trinajstić information content (AvgIpc) is 3.10. The van der Waals surface area contributed by atoms with Crippen molar-refractivity contribution in [3.05, 3.63) is 29.6 Å². The van der Waals surface area contributed by atoms with E-state index in [0.29, 0.717) is 31.5 Å². The van der Waals surface area contributed by atoms with Crippen molar-refractivity contribution in [2.24, 2.45) is 5.92 Å². The quantitative estimate of drug-likeness (QED) is 0.888. The Kier molecular flexibility index (Phi) is 5.43. The van der Waals surface area contributed by atoms with Gasteiger partial charge in [-0.05, 0) is 56.4 Å². The highest BCUT2D eigenvalue weighted by Crippen LogP contribution is 2.26. The Bertz CT molecular complexity index is 737. The lowest BCUT2D eigenvalue weighted by atomic mass is 9.97. The molecule has 1 N–H and O–H groups in total. The normalized spacial score (nSPS) is 20.7. The van der Waals surface area contributed by atoms with Crippen LogP contribution in [-0.2, 0) is 14.8 Å². The Balaban J connectivity index is 1.60. The zero-order valence-electron chi connectivity index (χ0n) is 14.5. The van der Waals surface area contributed by atoms with Crippen LogP contribution in [0.3, 0.4) is 0 Å². The van der Waals surface area contributed by atoms with E-state index in [1.807, 2.05) is 0 Å². The van der Waals surface area contributed by atoms with Crippen molar-refractivity contribution in [1.29, 1.82) is 0 Å². The maximum atomic E-state index is 13.4. The number of halogens is 1. The van der Waals surface area contributed by atoms with E-state index >= 15 is 0 Å². The van der Waals surface area contributed by atoms with Crippen molar-refractivity contribution >= 4 is 15.9 Å². The van der Waals surface area contributed by atoms with Gasteiger partial charge in [-0.25, -0.2) is 12.8 Å². The molecule has 0 unspecified atom stereocenters. The molecule has 1 aromatic carbocycles. The standard InChI is InChI=1S/C18H25FN2O3S/c1-13-12-16(6-7-17(13)19)25(23,24)21-10-8-14(9-11-21)18(22)20-15-4-2-3-5-15/h6-7,12,14-15H,2-5,8-11H2,1H3,(H,20,22). The van der Waals surface area contributed by atoms with Gasteiger partial charge < -0.3 is 5.32 Å². The second kappa shape index (κ2) is 7.41. The van der Waals surface area contributed by atoms with E-state index in [9.17, 15) is 17.6 Å². The van der Waals surface area contributed by atoms with Gasteiger partial charge >= 0.3 is 0 Å². The third-order valence-corrected chi connectivity index (χ3v) is 7.19. The summed E-state index contributed by atoms with van der Waals surface area (Å²) in [6.45, 7) is 2.19. The van der Waals surface area contributed by atoms with Crippen LogP contribution in [0.4, 0.5) is 4.39 Å². The summed E-state index contributed by atoms with van der Waals surface area (Å²) in [5, 5.41) is 3.10. The van der Waals surface area contributed by atoms with E-state index in [4.69, 9.17) is 0 Å². The van der Waals surface area contributed by atoms with Crippen molar-refractivity contribution in [2.75, 3.05) is 13.1 Å². The number of aryl methyl sites for hydroxylation is 1. The predicted octanol–water partition coefficient (Wildman–Crippen LogP) is 2.59. The molecule has 1 aliphatic heterocycles. The van der Waals surface area contributed by atoms with Gasteiger partial charge in [-0.3, -0.25) is 4.79 Å². The topological polar surface area (TPSA) is 66.5 Å². The largest absolute Gasteiger partial charge is 0.353 e. The minimum absolute atomic E-state index is 0.0570. The van der Waals surface area contributed by atoms with Gasteiger partial charge in [0, 0.05) is 25.0 Å². The first-order valence-electron chi connectivity index (χ1n) is 8.94. The molecule has 1 saturated carbocycles. The van der Waals surface area contributed by atoms with Crippen LogP contribution in [0.5, 0.6) is 0 Å². The summed E-state index contributed by atoms with van der Waals surface area (Å²) in [5.74, 6) is -0.482. The van der Waals surface area contributed by atoms with Crippen molar-refractivity contribution < 1.29 is 17.6 Å². The molecule has 3 rings (SSSR count). The molecule has 1 aromatic rings. The molecule has 138 valence electrons. The van der Waals surface area contributed by atoms with Gasteiger partial charge in [0.1, 0.15) is 5.82 Å². The number of sulfonamides is 1. The SMILES string of the molecule is Cc1cc(S(=O)(=O)N2CCC(C(=O)NC3CCCC3)CC2)ccc1F. The number of nitrogens with one attached hydrogen (secondary N) is 1. The summed E-state index contributed by atoms with van der Waals surface area (Å²) in [7, 11) is -3.64. The van der Waals surface area contributed by atoms with Crippen LogP contribution in [0.15, 0.2) is 23.1 Å². The van der Waals surface area contributed by atoms with E-state index in [1.165, 1.54) is 35.3 Å². The fourth-order valence-corrected chi connectivity index (χ4v) is 5.23. The molecule has 25 heavy (non-hydrogen) atoms. The fourth-order valence-electron chi connectivity index (χ4n) is 3.67. The smallest absolute Gasteiger partial charge is 0.243 e. The molecule has 0 spiro atoms. The molecule has 1 saturated heterocycles. The van der Waals surface area contributed by atoms with E-state index in [-0.39, 0.29) is 22.8 Å². The van der Waals surface area contributed by atoms with Gasteiger partial charge in [0.05, 0.1) is 4.90 Å². The average molecular weight is 368 g/mol. The molecule has 1 aliphatic carbocycles. The fraction of sp³-hybridized carbons (Fsp3) is 0.611. The highest BCUT2D eigenvalue weighted by molar-refractivity contribution is 7.89. The Labute approximate surface area is 148 Å². The number of hydrogen-bond donors (Lipinski definition) is 1. The number of rotatable bonds is 4. The summed E-state index contributed by atoms with van der Waals surface area (Å²) in [6, 6.07) is 4.14. The van der Waals surface area contributed by atoms with E-state index < -0.39 is 15.8 Å². The Morgan fingerprint density at radius 3 is 2.40 bits per heavy atom. The summed E-state index contributed by atoms with van der Waals surface area (Å²) in [6.07, 6.45) is 5.47. The number of carbonyl (C=O) groups is 1. The molecular formula is C18H25FN2O3S. The van der Waals surface area contributed by atoms with E-state index in [2.05, 4.69) is 5.32 Å². The molecule has 2 aliphatic rings. The second-order valence-electron chi connectivity index (χ2n) is 7.08. The van der Waals surface area contributed by atoms with Gasteiger partial charge in [-0.1, -0.05) is 12.8 Å². The number of nitrogens with zero attached hydrogens (tertiary/aromatic N) is 1. The third kappa shape index (κ3) is 4.03. The molecule has 2 fully saturated rings. The summed E-state index contributed by atoms with van der Waals surface area (Å²) in [4.78, 5) is 12.5. The molecule has 1 amide bonds. The first kappa shape index (κ1) is 18.3. The molecule has 5 nitrogen and oxygen atoms in total. The monoisotopic (exact) mass is 368 g/mol. The van der Waals surface area contributed by atoms with Crippen LogP contribution in [-0.4, -0.2) is 37.8 Å². The highest BCUT2D eigenvalue weighted by atomic mass is 32.2. The summed E-state index contributed by atoms with van der Waals surface area (Å²) in [5.41, 5.74) is 0.312. The lowest BCUT2D eigenvalue weighted by Crippen LogP contribution is -2.44. The van der Waals surface area contributed by atoms with Gasteiger partial charge in [-0.15, -0.1) is 0 Å². The number of carbonyl (C=O) groups excluding carboxylic acids is 1. The predicted molar refractivity (Wildman–Crippen MR) is 93.0 cm³/mol. The minimum atomic E-state index is -3.64. The van der Waals surface area contributed by atoms with Crippen molar-refractivity contribution in [1.82, 2.24) is 9.62 Å². The molecule has 7 heteroatoms. The van der Waals surface area contributed by atoms with Gasteiger partial charge in [0.25, 0.3) is 0 Å². The highest BCUT2D eigenvalue weighted by Gasteiger charge is 2.33. The first-order valence-corrected chi connectivity index (χ1v) is 10.4. The van der Waals surface area contributed by atoms with Gasteiger partial charge in [0.15, 0.2) is 0 Å². The number of piperidine rings is 1. The minimum Gasteiger partial charge on any atom is -0.353 e. The van der Waals surface area contributed by atoms with Gasteiger partial charge in [0.2, 0.25) is 15.9 Å². The lowest BCUT2D eigenvalue weighted by Gasteiger charge is -2.31. The number of benzene rings is 1. The molecule has 0 radical (unpaired) electrons. The maximum absolute atomic E-state index is 13.4. The zero-order valence-corrected chi connectivity index (χ0v) is 15.3. The lowest BCUT2D eigenvalue weighted by molar-refractivity contribution is -0.126. The second-order valence-corrected chi connectivity index (χ2v) is 9.02. The van der Waals surface area contributed by atoms with E-state index in [0.717, 1.165) is 12.8 Å². The van der Waals surface area contributed by atoms with Gasteiger partial charge in [-0.2, -0.15) is 4.31 Å². The summed E-state index contributed by atoms with van der Waals surface area (Å²) < 4.78 is 40.2. The van der Waals surface area contributed by atoms with E-state index in [1.54, 1.807) is 6.92 Å². The molecule has 0 atom stereocenters. The first-order chi connectivity index (χ1) is 11.9. The number of hydrogen-bond acceptors (Lipinski definition) is 3. The van der Waals surface area contributed by atoms with Crippen LogP contribution >= 0.6 is 0 Å². The molecular weight excluding hydrogens is 343 g/mol. The Morgan fingerprint density at radius 1 is 1.16 bits per heavy atom. The number of amides is 1. The van der Waals surface area contributed by atoms with Crippen molar-refractivity contribution in [3.63, 3.8) is 0 Å². The Hall–Kier alpha value is -1.47. The zero-order chi connectivity index (χ0) is 18.0. The summed E-state index contributed by atoms with van der Waals surface area (Å²) >= 11 is 0. The van der Waals surface area contributed by atoms with Crippen LogP contribution < -0.4 is 5.32 Å².